The average molecular weight is 363 g/mol. The van der Waals surface area contributed by atoms with Crippen molar-refractivity contribution in [2.45, 2.75) is 63.3 Å². The molecule has 0 amide bonds. The Kier molecular flexibility index (Phi) is 6.27. The molecular formula is C20H32N3OS. The zero-order chi connectivity index (χ0) is 16.9. The number of thioether (sulfide) groups is 1. The highest BCUT2D eigenvalue weighted by molar-refractivity contribution is 7.99. The lowest BCUT2D eigenvalue weighted by Crippen LogP contribution is -2.44. The molecule has 0 bridgehead atoms. The summed E-state index contributed by atoms with van der Waals surface area (Å²) in [5.74, 6) is 3.66. The van der Waals surface area contributed by atoms with Gasteiger partial charge in [-0.25, -0.2) is 0 Å². The lowest BCUT2D eigenvalue weighted by atomic mass is 9.91. The zero-order valence-electron chi connectivity index (χ0n) is 15.3. The van der Waals surface area contributed by atoms with Crippen molar-refractivity contribution >= 4 is 11.8 Å². The van der Waals surface area contributed by atoms with E-state index in [0.717, 1.165) is 25.0 Å². The van der Waals surface area contributed by atoms with E-state index in [-0.39, 0.29) is 6.23 Å². The second-order valence-corrected chi connectivity index (χ2v) is 8.90. The summed E-state index contributed by atoms with van der Waals surface area (Å²) in [6.07, 6.45) is 17.1. The van der Waals surface area contributed by atoms with Crippen LogP contribution in [-0.2, 0) is 4.74 Å². The molecule has 4 aliphatic rings. The van der Waals surface area contributed by atoms with E-state index in [2.05, 4.69) is 45.1 Å². The van der Waals surface area contributed by atoms with E-state index in [4.69, 9.17) is 4.74 Å². The van der Waals surface area contributed by atoms with Crippen molar-refractivity contribution in [1.82, 2.24) is 15.1 Å². The van der Waals surface area contributed by atoms with Gasteiger partial charge in [0.15, 0.2) is 0 Å². The molecule has 0 aromatic rings. The molecule has 5 heteroatoms. The quantitative estimate of drug-likeness (QED) is 0.830. The second-order valence-electron chi connectivity index (χ2n) is 7.68. The number of ether oxygens (including phenoxy) is 1. The van der Waals surface area contributed by atoms with Crippen LogP contribution in [0.25, 0.3) is 0 Å². The highest BCUT2D eigenvalue weighted by Crippen LogP contribution is 2.26. The van der Waals surface area contributed by atoms with Crippen molar-refractivity contribution in [3.05, 3.63) is 24.0 Å². The summed E-state index contributed by atoms with van der Waals surface area (Å²) in [6.45, 7) is 4.67. The maximum absolute atomic E-state index is 6.34. The number of hydrogen-bond donors (Lipinski definition) is 1. The molecule has 3 fully saturated rings. The van der Waals surface area contributed by atoms with Crippen LogP contribution in [-0.4, -0.2) is 65.9 Å². The molecule has 139 valence electrons. The van der Waals surface area contributed by atoms with Gasteiger partial charge in [-0.15, -0.1) is 0 Å². The van der Waals surface area contributed by atoms with E-state index in [0.29, 0.717) is 6.10 Å². The van der Waals surface area contributed by atoms with Crippen LogP contribution in [0.4, 0.5) is 0 Å². The van der Waals surface area contributed by atoms with E-state index in [1.807, 2.05) is 0 Å². The SMILES string of the molecule is [C]1=C(N2CCCN(C3CCC3)CC2)NC(OC2CCCSCC2)C=C1. The third-order valence-corrected chi connectivity index (χ3v) is 7.05. The van der Waals surface area contributed by atoms with Crippen molar-refractivity contribution < 1.29 is 4.74 Å². The monoisotopic (exact) mass is 362 g/mol. The minimum atomic E-state index is 0.00957. The molecule has 1 saturated carbocycles. The highest BCUT2D eigenvalue weighted by Gasteiger charge is 2.28. The average Bonchev–Trinajstić information content (AvgIpc) is 2.97. The predicted molar refractivity (Wildman–Crippen MR) is 104 cm³/mol. The molecule has 0 spiro atoms. The number of rotatable bonds is 4. The van der Waals surface area contributed by atoms with E-state index >= 15 is 0 Å². The molecule has 2 unspecified atom stereocenters. The van der Waals surface area contributed by atoms with E-state index in [1.165, 1.54) is 69.5 Å². The minimum Gasteiger partial charge on any atom is -0.357 e. The van der Waals surface area contributed by atoms with Crippen molar-refractivity contribution in [3.8, 4) is 0 Å². The van der Waals surface area contributed by atoms with Crippen LogP contribution in [0.5, 0.6) is 0 Å². The standard InChI is InChI=1S/C20H32N3OS/c1-5-17(6-1)22-11-4-12-23(14-13-22)19-8-2-9-20(21-19)24-18-7-3-15-25-16-10-18/h2,9,17-18,20-21H,1,3-7,10-16H2. The number of nitrogens with one attached hydrogen (secondary N) is 1. The van der Waals surface area contributed by atoms with Gasteiger partial charge in [0.2, 0.25) is 0 Å². The van der Waals surface area contributed by atoms with Gasteiger partial charge < -0.3 is 15.0 Å². The first-order valence-corrected chi connectivity index (χ1v) is 11.3. The number of dihydropyridines is 1. The Hall–Kier alpha value is -0.650. The smallest absolute Gasteiger partial charge is 0.148 e. The van der Waals surface area contributed by atoms with E-state index < -0.39 is 0 Å². The maximum Gasteiger partial charge on any atom is 0.148 e. The summed E-state index contributed by atoms with van der Waals surface area (Å²) in [5, 5.41) is 3.59. The molecule has 4 rings (SSSR count). The summed E-state index contributed by atoms with van der Waals surface area (Å²) in [6, 6.07) is 0.862. The number of nitrogens with zero attached hydrogens (tertiary/aromatic N) is 2. The number of allylic oxidation sites excluding steroid dienone is 2. The topological polar surface area (TPSA) is 27.7 Å². The number of hydrogen-bond acceptors (Lipinski definition) is 5. The Morgan fingerprint density at radius 2 is 1.96 bits per heavy atom. The lowest BCUT2D eigenvalue weighted by molar-refractivity contribution is -0.00906. The summed E-state index contributed by atoms with van der Waals surface area (Å²) >= 11 is 2.07. The van der Waals surface area contributed by atoms with Crippen LogP contribution in [0, 0.1) is 6.08 Å². The van der Waals surface area contributed by atoms with Crippen LogP contribution >= 0.6 is 11.8 Å². The third-order valence-electron chi connectivity index (χ3n) is 5.95. The van der Waals surface area contributed by atoms with Crippen LogP contribution in [0.2, 0.25) is 0 Å². The van der Waals surface area contributed by atoms with Crippen molar-refractivity contribution in [2.24, 2.45) is 0 Å². The molecule has 2 saturated heterocycles. The molecular weight excluding hydrogens is 330 g/mol. The fourth-order valence-corrected chi connectivity index (χ4v) is 5.20. The van der Waals surface area contributed by atoms with Crippen LogP contribution < -0.4 is 5.32 Å². The van der Waals surface area contributed by atoms with Gasteiger partial charge in [-0.2, -0.15) is 11.8 Å². The zero-order valence-corrected chi connectivity index (χ0v) is 16.1. The summed E-state index contributed by atoms with van der Waals surface area (Å²) in [7, 11) is 0. The fraction of sp³-hybridized carbons (Fsp3) is 0.800. The summed E-state index contributed by atoms with van der Waals surface area (Å²) in [4.78, 5) is 5.18. The van der Waals surface area contributed by atoms with Gasteiger partial charge >= 0.3 is 0 Å². The van der Waals surface area contributed by atoms with Crippen LogP contribution in [0.3, 0.4) is 0 Å². The normalized spacial score (nSPS) is 32.3. The Balaban J connectivity index is 1.28. The second kappa shape index (κ2) is 8.83. The molecule has 0 aromatic heterocycles. The Labute approximate surface area is 157 Å². The van der Waals surface area contributed by atoms with Crippen molar-refractivity contribution in [1.29, 1.82) is 0 Å². The lowest BCUT2D eigenvalue weighted by Gasteiger charge is -2.37. The summed E-state index contributed by atoms with van der Waals surface area (Å²) < 4.78 is 6.34. The molecule has 1 aliphatic carbocycles. The van der Waals surface area contributed by atoms with E-state index in [1.54, 1.807) is 0 Å². The van der Waals surface area contributed by atoms with Gasteiger partial charge in [0, 0.05) is 38.3 Å². The molecule has 4 nitrogen and oxygen atoms in total. The minimum absolute atomic E-state index is 0.00957. The van der Waals surface area contributed by atoms with Gasteiger partial charge in [-0.3, -0.25) is 4.90 Å². The third kappa shape index (κ3) is 4.75. The van der Waals surface area contributed by atoms with Gasteiger partial charge in [0.25, 0.3) is 0 Å². The predicted octanol–water partition coefficient (Wildman–Crippen LogP) is 2.98. The highest BCUT2D eigenvalue weighted by atomic mass is 32.2. The fourth-order valence-electron chi connectivity index (χ4n) is 4.20. The molecule has 1 radical (unpaired) electrons. The van der Waals surface area contributed by atoms with Gasteiger partial charge in [-0.1, -0.05) is 12.5 Å². The largest absolute Gasteiger partial charge is 0.357 e. The Morgan fingerprint density at radius 1 is 1.00 bits per heavy atom. The summed E-state index contributed by atoms with van der Waals surface area (Å²) in [5.41, 5.74) is 0. The molecule has 0 aromatic carbocycles. The van der Waals surface area contributed by atoms with Crippen LogP contribution in [0.15, 0.2) is 18.0 Å². The molecule has 3 heterocycles. The molecule has 3 aliphatic heterocycles. The first kappa shape index (κ1) is 17.7. The molecule has 2 atom stereocenters. The molecule has 1 N–H and O–H groups in total. The van der Waals surface area contributed by atoms with E-state index in [9.17, 15) is 0 Å². The first-order chi connectivity index (χ1) is 12.4. The van der Waals surface area contributed by atoms with Crippen molar-refractivity contribution in [3.63, 3.8) is 0 Å². The van der Waals surface area contributed by atoms with Gasteiger partial charge in [0.1, 0.15) is 12.0 Å². The molecule has 25 heavy (non-hydrogen) atoms. The Morgan fingerprint density at radius 3 is 2.84 bits per heavy atom. The first-order valence-electron chi connectivity index (χ1n) is 10.2. The Bertz CT molecular complexity index is 483. The van der Waals surface area contributed by atoms with Gasteiger partial charge in [-0.05, 0) is 56.1 Å². The maximum atomic E-state index is 6.34. The van der Waals surface area contributed by atoms with Crippen molar-refractivity contribution in [2.75, 3.05) is 37.7 Å². The van der Waals surface area contributed by atoms with Crippen LogP contribution in [0.1, 0.15) is 44.9 Å². The van der Waals surface area contributed by atoms with Gasteiger partial charge in [0.05, 0.1) is 6.10 Å².